The Labute approximate surface area is 481 Å². The first-order valence-electron chi connectivity index (χ1n) is 29.6. The van der Waals surface area contributed by atoms with Gasteiger partial charge in [-0.2, -0.15) is 0 Å². The van der Waals surface area contributed by atoms with Crippen LogP contribution in [0.2, 0.25) is 0 Å². The van der Waals surface area contributed by atoms with Crippen molar-refractivity contribution in [2.75, 3.05) is 16.5 Å². The normalized spacial score (nSPS) is 13.7. The molecule has 0 amide bonds. The molecule has 410 valence electrons. The maximum absolute atomic E-state index is 9.42. The van der Waals surface area contributed by atoms with E-state index in [0.717, 1.165) is 77.9 Å². The first kappa shape index (κ1) is 52.3. The molecule has 0 fully saturated rings. The lowest BCUT2D eigenvalue weighted by molar-refractivity contribution is 0.483. The van der Waals surface area contributed by atoms with Gasteiger partial charge in [0.05, 0.1) is 33.5 Å². The number of ether oxygens (including phenoxy) is 1. The van der Waals surface area contributed by atoms with Crippen LogP contribution in [0.5, 0.6) is 11.5 Å². The minimum absolute atomic E-state index is 0.0603. The third-order valence-corrected chi connectivity index (χ3v) is 16.9. The van der Waals surface area contributed by atoms with Crippen molar-refractivity contribution in [3.05, 3.63) is 204 Å². The van der Waals surface area contributed by atoms with Crippen LogP contribution in [0, 0.1) is 0 Å². The molecule has 0 radical (unpaired) electrons. The number of hydrogen-bond donors (Lipinski definition) is 0. The molecule has 3 aromatic heterocycles. The van der Waals surface area contributed by atoms with Gasteiger partial charge in [-0.25, -0.2) is 4.98 Å². The van der Waals surface area contributed by atoms with Gasteiger partial charge in [-0.1, -0.05) is 188 Å². The second-order valence-corrected chi connectivity index (χ2v) is 26.5. The highest BCUT2D eigenvalue weighted by molar-refractivity contribution is 6.24. The van der Waals surface area contributed by atoms with Crippen LogP contribution in [-0.2, 0) is 21.7 Å². The van der Waals surface area contributed by atoms with E-state index in [2.05, 4.69) is 257 Å². The fraction of sp³-hybridized carbons (Fsp3) is 0.293. The number of furan rings is 1. The van der Waals surface area contributed by atoms with Gasteiger partial charge in [0, 0.05) is 52.7 Å². The number of anilines is 4. The predicted octanol–water partition coefficient (Wildman–Crippen LogP) is 21.5. The molecule has 1 aliphatic rings. The molecule has 12 rings (SSSR count). The van der Waals surface area contributed by atoms with E-state index in [1.807, 2.05) is 30.5 Å². The van der Waals surface area contributed by atoms with Crippen molar-refractivity contribution >= 4 is 66.5 Å². The molecule has 6 nitrogen and oxygen atoms in total. The number of benzene rings is 8. The van der Waals surface area contributed by atoms with Crippen LogP contribution in [-0.4, -0.2) is 16.2 Å². The second kappa shape index (κ2) is 19.9. The molecule has 0 saturated heterocycles. The van der Waals surface area contributed by atoms with Crippen molar-refractivity contribution in [2.45, 2.75) is 137 Å². The highest BCUT2D eigenvalue weighted by Gasteiger charge is 2.33. The summed E-state index contributed by atoms with van der Waals surface area (Å²) in [4.78, 5) is 9.98. The smallest absolute Gasteiger partial charge is 0.145 e. The molecule has 0 spiro atoms. The van der Waals surface area contributed by atoms with Gasteiger partial charge in [0.2, 0.25) is 0 Å². The van der Waals surface area contributed by atoms with Crippen molar-refractivity contribution in [2.24, 2.45) is 0 Å². The Morgan fingerprint density at radius 2 is 1.07 bits per heavy atom. The molecular formula is C75H78N4O2. The largest absolute Gasteiger partial charge is 0.457 e. The second-order valence-electron chi connectivity index (χ2n) is 26.5. The highest BCUT2D eigenvalue weighted by Crippen LogP contribution is 2.52. The molecular weight excluding hydrogens is 989 g/mol. The van der Waals surface area contributed by atoms with Gasteiger partial charge < -0.3 is 19.0 Å². The zero-order valence-electron chi connectivity index (χ0n) is 51.0. The lowest BCUT2D eigenvalue weighted by atomic mass is 9.77. The third-order valence-electron chi connectivity index (χ3n) is 16.9. The van der Waals surface area contributed by atoms with Gasteiger partial charge >= 0.3 is 0 Å². The van der Waals surface area contributed by atoms with Crippen molar-refractivity contribution in [1.82, 2.24) is 9.55 Å². The lowest BCUT2D eigenvalue weighted by Gasteiger charge is -2.31. The number of rotatable bonds is 10. The first-order valence-corrected chi connectivity index (χ1v) is 29.1. The van der Waals surface area contributed by atoms with E-state index in [1.165, 1.54) is 50.2 Å². The summed E-state index contributed by atoms with van der Waals surface area (Å²) in [5.41, 5.74) is 18.9. The van der Waals surface area contributed by atoms with Crippen molar-refractivity contribution in [3.63, 3.8) is 0 Å². The Hall–Kier alpha value is -8.09. The van der Waals surface area contributed by atoms with E-state index in [1.54, 1.807) is 0 Å². The van der Waals surface area contributed by atoms with Gasteiger partial charge in [-0.05, 0) is 146 Å². The molecule has 81 heavy (non-hydrogen) atoms. The fourth-order valence-corrected chi connectivity index (χ4v) is 12.1. The summed E-state index contributed by atoms with van der Waals surface area (Å²) in [5.74, 6) is 1.44. The maximum atomic E-state index is 9.42. The summed E-state index contributed by atoms with van der Waals surface area (Å²) in [6.07, 6.45) is 3.24. The summed E-state index contributed by atoms with van der Waals surface area (Å²) < 4.78 is 25.3. The monoisotopic (exact) mass is 1070 g/mol. The van der Waals surface area contributed by atoms with Crippen LogP contribution in [0.4, 0.5) is 22.7 Å². The Kier molecular flexibility index (Phi) is 12.8. The van der Waals surface area contributed by atoms with Gasteiger partial charge in [-0.15, -0.1) is 0 Å². The maximum Gasteiger partial charge on any atom is 0.145 e. The molecule has 1 aliphatic heterocycles. The molecule has 0 saturated carbocycles. The van der Waals surface area contributed by atoms with Gasteiger partial charge in [0.25, 0.3) is 0 Å². The molecule has 0 atom stereocenters. The Bertz CT molecular complexity index is 4120. The van der Waals surface area contributed by atoms with E-state index < -0.39 is 5.89 Å². The van der Waals surface area contributed by atoms with Crippen molar-refractivity contribution in [1.29, 1.82) is 0 Å². The van der Waals surface area contributed by atoms with Crippen LogP contribution >= 0.6 is 0 Å². The first-order chi connectivity index (χ1) is 38.9. The van der Waals surface area contributed by atoms with Crippen LogP contribution in [0.15, 0.2) is 180 Å². The number of para-hydroxylation sites is 4. The summed E-state index contributed by atoms with van der Waals surface area (Å²) in [5, 5.41) is 4.20. The zero-order chi connectivity index (χ0) is 57.8. The topological polar surface area (TPSA) is 46.7 Å². The molecule has 11 aromatic rings. The van der Waals surface area contributed by atoms with E-state index in [9.17, 15) is 1.37 Å². The van der Waals surface area contributed by atoms with E-state index in [4.69, 9.17) is 14.1 Å². The molecule has 0 unspecified atom stereocenters. The van der Waals surface area contributed by atoms with Gasteiger partial charge in [-0.3, -0.25) is 4.57 Å². The number of fused-ring (bicyclic) bond motifs is 8. The van der Waals surface area contributed by atoms with Crippen molar-refractivity contribution < 1.29 is 10.5 Å². The van der Waals surface area contributed by atoms with Crippen molar-refractivity contribution in [3.8, 4) is 39.6 Å². The fourth-order valence-electron chi connectivity index (χ4n) is 12.1. The number of aromatic nitrogens is 2. The standard InChI is InChI=1S/C75H78N4O2/c1-15-47(16-2)48-35-36-76-68(41-48)79-65-34-33-61-60-25-17-20-30-67(60)81-71(61)69(65)62-32-31-57(45-66(62)79)80-56-24-21-23-55(44-56)77-46-78(64-29-19-18-28-63(64)77)70-58(49-37-51(72(3,4)5)42-52(38-49)73(6,7)8)26-22-27-59(70)50-39-53(74(9,10)11)43-54(40-50)75(12,13)14/h17-45,47H,15-16,46H2,1-14H3/i47D. The van der Waals surface area contributed by atoms with Gasteiger partial charge in [0.1, 0.15) is 35.2 Å². The third kappa shape index (κ3) is 9.74. The molecule has 8 aromatic carbocycles. The molecule has 0 N–H and O–H groups in total. The Morgan fingerprint density at radius 1 is 0.519 bits per heavy atom. The molecule has 0 bridgehead atoms. The summed E-state index contributed by atoms with van der Waals surface area (Å²) in [6, 6.07) is 62.0. The van der Waals surface area contributed by atoms with Gasteiger partial charge in [0.15, 0.2) is 0 Å². The SMILES string of the molecule is [2H]C(CC)(CC)c1ccnc(-n2c3cc(Oc4cccc(N5CN(c6c(-c7cc(C(C)(C)C)cc(C(C)(C)C)c7)cccc6-c6cc(C(C)(C)C)cc(C(C)(C)C)c6)c6ccccc65)c4)ccc3c3c4oc5ccccc5c4ccc32)c1. The molecule has 0 aliphatic carbocycles. The number of pyridine rings is 1. The Morgan fingerprint density at radius 3 is 1.68 bits per heavy atom. The molecule has 4 heterocycles. The number of hydrogen-bond acceptors (Lipinski definition) is 5. The quantitative estimate of drug-likeness (QED) is 0.137. The lowest BCUT2D eigenvalue weighted by Crippen LogP contribution is -2.25. The predicted molar refractivity (Wildman–Crippen MR) is 343 cm³/mol. The number of nitrogens with zero attached hydrogens (tertiary/aromatic N) is 4. The minimum atomic E-state index is -0.733. The average molecular weight is 1070 g/mol. The van der Waals surface area contributed by atoms with E-state index >= 15 is 0 Å². The van der Waals surface area contributed by atoms with E-state index in [0.29, 0.717) is 25.3 Å². The summed E-state index contributed by atoms with van der Waals surface area (Å²) >= 11 is 0. The Balaban J connectivity index is 0.989. The average Bonchev–Trinajstić information content (AvgIpc) is 4.35. The van der Waals surface area contributed by atoms with Crippen LogP contribution in [0.1, 0.15) is 145 Å². The summed E-state index contributed by atoms with van der Waals surface area (Å²) in [7, 11) is 0. The summed E-state index contributed by atoms with van der Waals surface area (Å²) in [6.45, 7) is 32.7. The molecule has 6 heteroatoms. The highest BCUT2D eigenvalue weighted by atomic mass is 16.5. The zero-order valence-corrected chi connectivity index (χ0v) is 50.0. The van der Waals surface area contributed by atoms with Crippen LogP contribution in [0.25, 0.3) is 71.8 Å². The van der Waals surface area contributed by atoms with Crippen LogP contribution in [0.3, 0.4) is 0 Å². The minimum Gasteiger partial charge on any atom is -0.457 e. The van der Waals surface area contributed by atoms with Crippen LogP contribution < -0.4 is 14.5 Å². The van der Waals surface area contributed by atoms with E-state index in [-0.39, 0.29) is 21.7 Å².